The predicted molar refractivity (Wildman–Crippen MR) is 64.3 cm³/mol. The van der Waals surface area contributed by atoms with Crippen molar-refractivity contribution in [1.82, 2.24) is 25.2 Å². The summed E-state index contributed by atoms with van der Waals surface area (Å²) in [7, 11) is 1.63. The van der Waals surface area contributed by atoms with E-state index in [0.29, 0.717) is 5.82 Å². The summed E-state index contributed by atoms with van der Waals surface area (Å²) in [5.41, 5.74) is 5.25. The van der Waals surface area contributed by atoms with E-state index in [1.54, 1.807) is 7.05 Å². The number of aliphatic carboxylic acids is 1. The SMILES string of the molecule is Cn1nnnc1CO/N=C(\C(=O)O)c1csc(N)n1. The molecule has 0 aliphatic carbocycles. The molecule has 2 heterocycles. The lowest BCUT2D eigenvalue weighted by Gasteiger charge is -1.99. The van der Waals surface area contributed by atoms with Crippen LogP contribution >= 0.6 is 11.3 Å². The maximum absolute atomic E-state index is 11.0. The highest BCUT2D eigenvalue weighted by Crippen LogP contribution is 2.12. The number of aryl methyl sites for hydroxylation is 1. The first kappa shape index (κ1) is 12.9. The van der Waals surface area contributed by atoms with E-state index in [1.165, 1.54) is 10.1 Å². The summed E-state index contributed by atoms with van der Waals surface area (Å²) in [4.78, 5) is 19.8. The van der Waals surface area contributed by atoms with E-state index in [0.717, 1.165) is 11.3 Å². The third kappa shape index (κ3) is 3.01. The number of hydrogen-bond donors (Lipinski definition) is 2. The standard InChI is InChI=1S/C8H9N7O3S/c1-15-5(11-13-14-15)2-18-12-6(7(16)17)4-3-19-8(9)10-4/h3H,2H2,1H3,(H2,9,10)(H,16,17)/b12-6-. The number of hydrogen-bond acceptors (Lipinski definition) is 9. The Morgan fingerprint density at radius 3 is 3.00 bits per heavy atom. The van der Waals surface area contributed by atoms with Crippen LogP contribution in [0.15, 0.2) is 10.5 Å². The molecule has 10 nitrogen and oxygen atoms in total. The van der Waals surface area contributed by atoms with Gasteiger partial charge in [0.25, 0.3) is 0 Å². The highest BCUT2D eigenvalue weighted by atomic mass is 32.1. The van der Waals surface area contributed by atoms with Gasteiger partial charge in [0.1, 0.15) is 5.69 Å². The van der Waals surface area contributed by atoms with Gasteiger partial charge in [0.2, 0.25) is 5.71 Å². The van der Waals surface area contributed by atoms with Crippen LogP contribution in [0, 0.1) is 0 Å². The Morgan fingerprint density at radius 2 is 2.47 bits per heavy atom. The molecule has 0 aliphatic heterocycles. The zero-order valence-corrected chi connectivity index (χ0v) is 10.5. The van der Waals surface area contributed by atoms with Gasteiger partial charge in [-0.2, -0.15) is 0 Å². The second kappa shape index (κ2) is 5.39. The van der Waals surface area contributed by atoms with Crippen LogP contribution in [0.3, 0.4) is 0 Å². The van der Waals surface area contributed by atoms with E-state index < -0.39 is 5.97 Å². The Hall–Kier alpha value is -2.56. The van der Waals surface area contributed by atoms with E-state index in [9.17, 15) is 4.79 Å². The van der Waals surface area contributed by atoms with Crippen molar-refractivity contribution < 1.29 is 14.7 Å². The zero-order chi connectivity index (χ0) is 13.8. The van der Waals surface area contributed by atoms with Crippen molar-refractivity contribution >= 4 is 28.1 Å². The third-order valence-electron chi connectivity index (χ3n) is 2.02. The van der Waals surface area contributed by atoms with Crippen molar-refractivity contribution in [1.29, 1.82) is 0 Å². The smallest absolute Gasteiger partial charge is 0.360 e. The molecule has 0 amide bonds. The van der Waals surface area contributed by atoms with Gasteiger partial charge in [0.05, 0.1) is 0 Å². The molecule has 0 aromatic carbocycles. The van der Waals surface area contributed by atoms with Crippen LogP contribution in [0.5, 0.6) is 0 Å². The molecule has 0 saturated carbocycles. The molecule has 3 N–H and O–H groups in total. The van der Waals surface area contributed by atoms with E-state index >= 15 is 0 Å². The Bertz CT molecular complexity index is 619. The Kier molecular flexibility index (Phi) is 3.66. The number of rotatable bonds is 5. The highest BCUT2D eigenvalue weighted by molar-refractivity contribution is 7.13. The normalized spacial score (nSPS) is 11.5. The molecular weight excluding hydrogens is 274 g/mol. The molecule has 19 heavy (non-hydrogen) atoms. The first-order valence-electron chi connectivity index (χ1n) is 4.93. The fourth-order valence-corrected chi connectivity index (χ4v) is 1.66. The number of tetrazole rings is 1. The summed E-state index contributed by atoms with van der Waals surface area (Å²) in [6.07, 6.45) is 0. The largest absolute Gasteiger partial charge is 0.476 e. The Morgan fingerprint density at radius 1 is 1.68 bits per heavy atom. The minimum absolute atomic E-state index is 0.0557. The third-order valence-corrected chi connectivity index (χ3v) is 2.70. The van der Waals surface area contributed by atoms with Gasteiger partial charge in [0.15, 0.2) is 17.6 Å². The number of nitrogens with two attached hydrogens (primary N) is 1. The average molecular weight is 283 g/mol. The van der Waals surface area contributed by atoms with E-state index in [-0.39, 0.29) is 23.1 Å². The van der Waals surface area contributed by atoms with Crippen molar-refractivity contribution in [3.63, 3.8) is 0 Å². The minimum Gasteiger partial charge on any atom is -0.476 e. The van der Waals surface area contributed by atoms with Gasteiger partial charge in [-0.25, -0.2) is 14.5 Å². The molecule has 0 bridgehead atoms. The highest BCUT2D eigenvalue weighted by Gasteiger charge is 2.17. The van der Waals surface area contributed by atoms with Crippen LogP contribution in [0.4, 0.5) is 5.13 Å². The molecule has 0 atom stereocenters. The molecule has 0 fully saturated rings. The summed E-state index contributed by atoms with van der Waals surface area (Å²) in [5.74, 6) is -0.854. The number of carboxylic acids is 1. The van der Waals surface area contributed by atoms with Crippen LogP contribution in [-0.4, -0.2) is 42.0 Å². The van der Waals surface area contributed by atoms with Crippen molar-refractivity contribution in [2.75, 3.05) is 5.73 Å². The summed E-state index contributed by atoms with van der Waals surface area (Å²) in [6, 6.07) is 0. The summed E-state index contributed by atoms with van der Waals surface area (Å²) in [5, 5.41) is 24.9. The molecule has 0 aliphatic rings. The molecule has 0 radical (unpaired) electrons. The number of oxime groups is 1. The van der Waals surface area contributed by atoms with Crippen LogP contribution < -0.4 is 5.73 Å². The van der Waals surface area contributed by atoms with Crippen molar-refractivity contribution in [2.45, 2.75) is 6.61 Å². The predicted octanol–water partition coefficient (Wildman–Crippen LogP) is -0.746. The molecular formula is C8H9N7O3S. The van der Waals surface area contributed by atoms with E-state index in [1.807, 2.05) is 0 Å². The van der Waals surface area contributed by atoms with Crippen molar-refractivity contribution in [3.8, 4) is 0 Å². The van der Waals surface area contributed by atoms with E-state index in [4.69, 9.17) is 15.7 Å². The van der Waals surface area contributed by atoms with Crippen LogP contribution in [0.1, 0.15) is 11.5 Å². The van der Waals surface area contributed by atoms with Gasteiger partial charge in [-0.3, -0.25) is 0 Å². The number of nitrogen functional groups attached to an aromatic ring is 1. The van der Waals surface area contributed by atoms with E-state index in [2.05, 4.69) is 25.7 Å². The molecule has 11 heteroatoms. The lowest BCUT2D eigenvalue weighted by atomic mass is 10.3. The van der Waals surface area contributed by atoms with Gasteiger partial charge in [0, 0.05) is 12.4 Å². The van der Waals surface area contributed by atoms with Crippen LogP contribution in [0.2, 0.25) is 0 Å². The van der Waals surface area contributed by atoms with Gasteiger partial charge in [-0.05, 0) is 10.4 Å². The maximum Gasteiger partial charge on any atom is 0.360 e. The van der Waals surface area contributed by atoms with Gasteiger partial charge in [-0.15, -0.1) is 16.4 Å². The first-order valence-corrected chi connectivity index (χ1v) is 5.81. The number of aromatic nitrogens is 5. The molecule has 0 spiro atoms. The number of nitrogens with zero attached hydrogens (tertiary/aromatic N) is 6. The lowest BCUT2D eigenvalue weighted by molar-refractivity contribution is -0.129. The fraction of sp³-hybridized carbons (Fsp3) is 0.250. The van der Waals surface area contributed by atoms with Crippen LogP contribution in [-0.2, 0) is 23.3 Å². The van der Waals surface area contributed by atoms with Crippen LogP contribution in [0.25, 0.3) is 0 Å². The lowest BCUT2D eigenvalue weighted by Crippen LogP contribution is -2.16. The number of carbonyl (C=O) groups is 1. The quantitative estimate of drug-likeness (QED) is 0.539. The van der Waals surface area contributed by atoms with Gasteiger partial charge in [-0.1, -0.05) is 5.16 Å². The van der Waals surface area contributed by atoms with Gasteiger partial charge >= 0.3 is 5.97 Å². The molecule has 0 saturated heterocycles. The van der Waals surface area contributed by atoms with Crippen molar-refractivity contribution in [2.24, 2.45) is 12.2 Å². The summed E-state index contributed by atoms with van der Waals surface area (Å²) >= 11 is 1.11. The molecule has 2 aromatic heterocycles. The van der Waals surface area contributed by atoms with Crippen molar-refractivity contribution in [3.05, 3.63) is 16.9 Å². The molecule has 2 rings (SSSR count). The molecule has 0 unspecified atom stereocenters. The van der Waals surface area contributed by atoms with Gasteiger partial charge < -0.3 is 15.7 Å². The first-order chi connectivity index (χ1) is 9.08. The number of anilines is 1. The topological polar surface area (TPSA) is 141 Å². The number of thiazole rings is 1. The minimum atomic E-state index is -1.26. The summed E-state index contributed by atoms with van der Waals surface area (Å²) < 4.78 is 1.39. The molecule has 100 valence electrons. The Labute approximate surface area is 110 Å². The fourth-order valence-electron chi connectivity index (χ4n) is 1.12. The average Bonchev–Trinajstić information content (AvgIpc) is 2.94. The maximum atomic E-state index is 11.0. The monoisotopic (exact) mass is 283 g/mol. The second-order valence-electron chi connectivity index (χ2n) is 3.31. The zero-order valence-electron chi connectivity index (χ0n) is 9.72. The Balaban J connectivity index is 2.10. The number of carboxylic acid groups (broad SMARTS) is 1. The second-order valence-corrected chi connectivity index (χ2v) is 4.20. The molecule has 2 aromatic rings. The summed E-state index contributed by atoms with van der Waals surface area (Å²) in [6.45, 7) is -0.0557.